The molecule has 2 fully saturated rings. The van der Waals surface area contributed by atoms with Gasteiger partial charge in [0.05, 0.1) is 6.42 Å². The van der Waals surface area contributed by atoms with Gasteiger partial charge in [0.1, 0.15) is 6.10 Å². The zero-order valence-corrected chi connectivity index (χ0v) is 15.7. The lowest BCUT2D eigenvalue weighted by Gasteiger charge is -2.50. The van der Waals surface area contributed by atoms with Crippen molar-refractivity contribution in [1.82, 2.24) is 0 Å². The van der Waals surface area contributed by atoms with E-state index in [4.69, 9.17) is 9.84 Å². The standard InChI is InChI=1S/C22H28O4/c1-13(23)26-20-8-7-19-18-6-4-15-11-14(12-21(24)25)3-5-16(15)17(18)9-10-22(19,20)2/h3,5,11,17-20H,4,6-10,12H2,1-2H3,(H,24,25)/t17-,18-,19+,20-,22+/m1/s1. The molecule has 140 valence electrons. The summed E-state index contributed by atoms with van der Waals surface area (Å²) in [6.07, 6.45) is 6.78. The fourth-order valence-corrected chi connectivity index (χ4v) is 6.27. The van der Waals surface area contributed by atoms with Gasteiger partial charge in [-0.2, -0.15) is 0 Å². The van der Waals surface area contributed by atoms with Crippen LogP contribution in [0.2, 0.25) is 0 Å². The van der Waals surface area contributed by atoms with Crippen molar-refractivity contribution in [3.05, 3.63) is 34.9 Å². The van der Waals surface area contributed by atoms with E-state index >= 15 is 0 Å². The van der Waals surface area contributed by atoms with E-state index in [-0.39, 0.29) is 23.9 Å². The molecule has 0 saturated heterocycles. The van der Waals surface area contributed by atoms with Crippen molar-refractivity contribution in [2.24, 2.45) is 17.3 Å². The van der Waals surface area contributed by atoms with Crippen LogP contribution in [0.3, 0.4) is 0 Å². The van der Waals surface area contributed by atoms with Gasteiger partial charge in [0.15, 0.2) is 0 Å². The van der Waals surface area contributed by atoms with E-state index in [1.54, 1.807) is 0 Å². The number of hydrogen-bond donors (Lipinski definition) is 1. The fourth-order valence-electron chi connectivity index (χ4n) is 6.27. The van der Waals surface area contributed by atoms with Gasteiger partial charge in [-0.3, -0.25) is 9.59 Å². The lowest BCUT2D eigenvalue weighted by Crippen LogP contribution is -2.45. The largest absolute Gasteiger partial charge is 0.481 e. The third-order valence-corrected chi connectivity index (χ3v) is 7.37. The average Bonchev–Trinajstić information content (AvgIpc) is 2.90. The van der Waals surface area contributed by atoms with E-state index in [9.17, 15) is 9.59 Å². The maximum absolute atomic E-state index is 11.5. The summed E-state index contributed by atoms with van der Waals surface area (Å²) < 4.78 is 5.69. The van der Waals surface area contributed by atoms with Crippen molar-refractivity contribution in [2.45, 2.75) is 70.8 Å². The van der Waals surface area contributed by atoms with Crippen LogP contribution in [-0.4, -0.2) is 23.1 Å². The predicted molar refractivity (Wildman–Crippen MR) is 98.0 cm³/mol. The Hall–Kier alpha value is -1.84. The van der Waals surface area contributed by atoms with Crippen LogP contribution in [0.25, 0.3) is 0 Å². The highest BCUT2D eigenvalue weighted by atomic mass is 16.5. The molecule has 1 aromatic rings. The Morgan fingerprint density at radius 1 is 1.23 bits per heavy atom. The Bertz CT molecular complexity index is 740. The highest BCUT2D eigenvalue weighted by Crippen LogP contribution is 2.61. The highest BCUT2D eigenvalue weighted by Gasteiger charge is 2.56. The first-order chi connectivity index (χ1) is 12.4. The van der Waals surface area contributed by atoms with Gasteiger partial charge in [-0.15, -0.1) is 0 Å². The van der Waals surface area contributed by atoms with Gasteiger partial charge in [-0.1, -0.05) is 25.1 Å². The van der Waals surface area contributed by atoms with Crippen molar-refractivity contribution in [3.8, 4) is 0 Å². The van der Waals surface area contributed by atoms with Crippen molar-refractivity contribution in [3.63, 3.8) is 0 Å². The minimum absolute atomic E-state index is 0.0743. The number of carboxylic acids is 1. The third-order valence-electron chi connectivity index (χ3n) is 7.37. The molecule has 1 aromatic carbocycles. The number of ether oxygens (including phenoxy) is 1. The number of fused-ring (bicyclic) bond motifs is 5. The second-order valence-corrected chi connectivity index (χ2v) is 8.74. The van der Waals surface area contributed by atoms with Crippen LogP contribution < -0.4 is 0 Å². The van der Waals surface area contributed by atoms with E-state index < -0.39 is 5.97 Å². The lowest BCUT2D eigenvalue weighted by molar-refractivity contribution is -0.154. The average molecular weight is 356 g/mol. The summed E-state index contributed by atoms with van der Waals surface area (Å²) in [5.74, 6) is 0.935. The number of benzene rings is 1. The molecule has 1 N–H and O–H groups in total. The van der Waals surface area contributed by atoms with Crippen LogP contribution in [-0.2, 0) is 27.2 Å². The molecule has 0 aliphatic heterocycles. The number of rotatable bonds is 3. The molecular formula is C22H28O4. The molecule has 0 bridgehead atoms. The summed E-state index contributed by atoms with van der Waals surface area (Å²) in [6.45, 7) is 3.86. The van der Waals surface area contributed by atoms with Crippen LogP contribution in [0, 0.1) is 17.3 Å². The Morgan fingerprint density at radius 2 is 2.04 bits per heavy atom. The lowest BCUT2D eigenvalue weighted by atomic mass is 9.55. The van der Waals surface area contributed by atoms with Gasteiger partial charge < -0.3 is 9.84 Å². The van der Waals surface area contributed by atoms with E-state index in [0.717, 1.165) is 37.7 Å². The molecule has 2 saturated carbocycles. The van der Waals surface area contributed by atoms with E-state index in [2.05, 4.69) is 19.1 Å². The Kier molecular flexibility index (Phi) is 4.32. The first-order valence-electron chi connectivity index (χ1n) is 9.89. The maximum atomic E-state index is 11.5. The monoisotopic (exact) mass is 356 g/mol. The second kappa shape index (κ2) is 6.40. The molecule has 0 spiro atoms. The quantitative estimate of drug-likeness (QED) is 0.828. The molecule has 0 aromatic heterocycles. The van der Waals surface area contributed by atoms with Gasteiger partial charge in [0.25, 0.3) is 0 Å². The molecule has 0 heterocycles. The summed E-state index contributed by atoms with van der Waals surface area (Å²) in [5.41, 5.74) is 3.82. The normalized spacial score (nSPS) is 35.2. The van der Waals surface area contributed by atoms with Crippen LogP contribution >= 0.6 is 0 Å². The summed E-state index contributed by atoms with van der Waals surface area (Å²) >= 11 is 0. The molecule has 5 atom stereocenters. The number of aliphatic carboxylic acids is 1. The van der Waals surface area contributed by atoms with E-state index in [1.807, 2.05) is 6.07 Å². The van der Waals surface area contributed by atoms with Crippen LogP contribution in [0.4, 0.5) is 0 Å². The Labute approximate surface area is 154 Å². The van der Waals surface area contributed by atoms with E-state index in [0.29, 0.717) is 17.8 Å². The number of carbonyl (C=O) groups is 2. The fraction of sp³-hybridized carbons (Fsp3) is 0.636. The van der Waals surface area contributed by atoms with Crippen LogP contribution in [0.1, 0.15) is 68.6 Å². The molecule has 4 heteroatoms. The molecule has 4 nitrogen and oxygen atoms in total. The van der Waals surface area contributed by atoms with E-state index in [1.165, 1.54) is 24.5 Å². The first kappa shape index (κ1) is 17.6. The zero-order chi connectivity index (χ0) is 18.5. The molecule has 26 heavy (non-hydrogen) atoms. The summed E-state index contributed by atoms with van der Waals surface area (Å²) in [4.78, 5) is 22.5. The molecular weight excluding hydrogens is 328 g/mol. The topological polar surface area (TPSA) is 63.6 Å². The number of carboxylic acid groups (broad SMARTS) is 1. The minimum Gasteiger partial charge on any atom is -0.481 e. The Balaban J connectivity index is 1.58. The number of esters is 1. The zero-order valence-electron chi connectivity index (χ0n) is 15.7. The summed E-state index contributed by atoms with van der Waals surface area (Å²) in [6, 6.07) is 6.30. The minimum atomic E-state index is -0.769. The Morgan fingerprint density at radius 3 is 2.77 bits per heavy atom. The maximum Gasteiger partial charge on any atom is 0.307 e. The van der Waals surface area contributed by atoms with Gasteiger partial charge >= 0.3 is 11.9 Å². The third kappa shape index (κ3) is 2.83. The number of carbonyl (C=O) groups excluding carboxylic acids is 1. The highest BCUT2D eigenvalue weighted by molar-refractivity contribution is 5.70. The summed E-state index contributed by atoms with van der Waals surface area (Å²) in [5, 5.41) is 9.04. The van der Waals surface area contributed by atoms with Crippen molar-refractivity contribution >= 4 is 11.9 Å². The van der Waals surface area contributed by atoms with Crippen LogP contribution in [0.15, 0.2) is 18.2 Å². The molecule has 3 aliphatic carbocycles. The number of hydrogen-bond acceptors (Lipinski definition) is 3. The van der Waals surface area contributed by atoms with Crippen LogP contribution in [0.5, 0.6) is 0 Å². The smallest absolute Gasteiger partial charge is 0.307 e. The molecule has 0 unspecified atom stereocenters. The predicted octanol–water partition coefficient (Wildman–Crippen LogP) is 4.10. The van der Waals surface area contributed by atoms with Crippen molar-refractivity contribution in [2.75, 3.05) is 0 Å². The molecule has 0 radical (unpaired) electrons. The number of aryl methyl sites for hydroxylation is 1. The van der Waals surface area contributed by atoms with Crippen molar-refractivity contribution < 1.29 is 19.4 Å². The van der Waals surface area contributed by atoms with Gasteiger partial charge in [0.2, 0.25) is 0 Å². The van der Waals surface area contributed by atoms with Gasteiger partial charge in [-0.05, 0) is 73.0 Å². The summed E-state index contributed by atoms with van der Waals surface area (Å²) in [7, 11) is 0. The van der Waals surface area contributed by atoms with Crippen molar-refractivity contribution in [1.29, 1.82) is 0 Å². The first-order valence-corrected chi connectivity index (χ1v) is 9.89. The molecule has 3 aliphatic rings. The molecule has 0 amide bonds. The van der Waals surface area contributed by atoms with Gasteiger partial charge in [-0.25, -0.2) is 0 Å². The second-order valence-electron chi connectivity index (χ2n) is 8.74. The SMILES string of the molecule is CC(=O)O[C@@H]1CC[C@H]2[C@@H]3CCc4cc(CC(=O)O)ccc4[C@H]3CC[C@]12C. The van der Waals surface area contributed by atoms with Gasteiger partial charge in [0, 0.05) is 12.3 Å². The molecule has 4 rings (SSSR count).